The van der Waals surface area contributed by atoms with Crippen LogP contribution in [0.3, 0.4) is 0 Å². The van der Waals surface area contributed by atoms with Crippen molar-refractivity contribution in [1.29, 1.82) is 5.26 Å². The molecular weight excluding hydrogens is 164 g/mol. The Labute approximate surface area is 77.9 Å². The number of anilines is 1. The topological polar surface area (TPSA) is 45.0 Å². The number of benzene rings is 1. The molecule has 1 aromatic rings. The van der Waals surface area contributed by atoms with Crippen LogP contribution in [0.2, 0.25) is 0 Å². The summed E-state index contributed by atoms with van der Waals surface area (Å²) in [5, 5.41) is 11.8. The average molecular weight is 176 g/mol. The van der Waals surface area contributed by atoms with Gasteiger partial charge in [-0.15, -0.1) is 0 Å². The molecule has 0 aliphatic rings. The lowest BCUT2D eigenvalue weighted by molar-refractivity contribution is 0.413. The van der Waals surface area contributed by atoms with Crippen molar-refractivity contribution in [2.75, 3.05) is 19.5 Å². The summed E-state index contributed by atoms with van der Waals surface area (Å²) in [7, 11) is 3.39. The van der Waals surface area contributed by atoms with Gasteiger partial charge < -0.3 is 10.1 Å². The number of aryl methyl sites for hydroxylation is 1. The first kappa shape index (κ1) is 9.40. The predicted octanol–water partition coefficient (Wildman–Crippen LogP) is 1.92. The lowest BCUT2D eigenvalue weighted by Crippen LogP contribution is -1.95. The van der Waals surface area contributed by atoms with Gasteiger partial charge in [0, 0.05) is 12.7 Å². The number of hydrogen-bond donors (Lipinski definition) is 1. The van der Waals surface area contributed by atoms with Crippen LogP contribution in [-0.2, 0) is 0 Å². The van der Waals surface area contributed by atoms with E-state index in [2.05, 4.69) is 11.4 Å². The van der Waals surface area contributed by atoms with Crippen LogP contribution in [0.1, 0.15) is 11.1 Å². The van der Waals surface area contributed by atoms with Crippen LogP contribution in [0, 0.1) is 18.3 Å². The molecule has 0 aromatic heterocycles. The van der Waals surface area contributed by atoms with Crippen LogP contribution in [-0.4, -0.2) is 14.2 Å². The highest BCUT2D eigenvalue weighted by Crippen LogP contribution is 2.25. The molecular formula is C10H12N2O. The molecule has 1 N–H and O–H groups in total. The maximum absolute atomic E-state index is 8.80. The fourth-order valence-electron chi connectivity index (χ4n) is 1.21. The second-order valence-electron chi connectivity index (χ2n) is 2.73. The van der Waals surface area contributed by atoms with Gasteiger partial charge in [-0.05, 0) is 24.6 Å². The lowest BCUT2D eigenvalue weighted by Gasteiger charge is -2.08. The van der Waals surface area contributed by atoms with Gasteiger partial charge in [-0.2, -0.15) is 5.26 Å². The quantitative estimate of drug-likeness (QED) is 0.748. The van der Waals surface area contributed by atoms with Crippen molar-refractivity contribution in [2.45, 2.75) is 6.92 Å². The van der Waals surface area contributed by atoms with Crippen molar-refractivity contribution >= 4 is 5.69 Å². The van der Waals surface area contributed by atoms with Crippen molar-refractivity contribution in [1.82, 2.24) is 0 Å². The van der Waals surface area contributed by atoms with Gasteiger partial charge in [-0.25, -0.2) is 0 Å². The van der Waals surface area contributed by atoms with E-state index in [1.165, 1.54) is 0 Å². The standard InChI is InChI=1S/C10H12N2O/c1-7-4-10(13-3)8(6-11)5-9(7)12-2/h4-5,12H,1-3H3. The molecule has 3 heteroatoms. The molecule has 0 radical (unpaired) electrons. The third kappa shape index (κ3) is 1.73. The zero-order chi connectivity index (χ0) is 9.84. The van der Waals surface area contributed by atoms with E-state index < -0.39 is 0 Å². The summed E-state index contributed by atoms with van der Waals surface area (Å²) in [4.78, 5) is 0. The van der Waals surface area contributed by atoms with Gasteiger partial charge in [-0.3, -0.25) is 0 Å². The summed E-state index contributed by atoms with van der Waals surface area (Å²) < 4.78 is 5.07. The van der Waals surface area contributed by atoms with E-state index in [-0.39, 0.29) is 0 Å². The van der Waals surface area contributed by atoms with Crippen LogP contribution < -0.4 is 10.1 Å². The van der Waals surface area contributed by atoms with Crippen molar-refractivity contribution < 1.29 is 4.74 Å². The summed E-state index contributed by atoms with van der Waals surface area (Å²) in [5.74, 6) is 0.624. The Kier molecular flexibility index (Phi) is 2.76. The van der Waals surface area contributed by atoms with Crippen LogP contribution in [0.15, 0.2) is 12.1 Å². The van der Waals surface area contributed by atoms with Gasteiger partial charge in [0.05, 0.1) is 12.7 Å². The highest BCUT2D eigenvalue weighted by Gasteiger charge is 2.05. The Balaban J connectivity index is 3.28. The zero-order valence-corrected chi connectivity index (χ0v) is 8.01. The van der Waals surface area contributed by atoms with Crippen molar-refractivity contribution in [3.05, 3.63) is 23.3 Å². The average Bonchev–Trinajstić information content (AvgIpc) is 2.17. The molecule has 0 saturated carbocycles. The van der Waals surface area contributed by atoms with Gasteiger partial charge >= 0.3 is 0 Å². The normalized spacial score (nSPS) is 9.08. The maximum atomic E-state index is 8.80. The molecule has 0 bridgehead atoms. The Bertz CT molecular complexity index is 353. The minimum atomic E-state index is 0.553. The molecule has 1 aromatic carbocycles. The molecule has 0 aliphatic carbocycles. The van der Waals surface area contributed by atoms with Crippen molar-refractivity contribution in [3.63, 3.8) is 0 Å². The molecule has 0 amide bonds. The Morgan fingerprint density at radius 2 is 2.15 bits per heavy atom. The van der Waals surface area contributed by atoms with Crippen LogP contribution in [0.25, 0.3) is 0 Å². The van der Waals surface area contributed by atoms with Gasteiger partial charge in [0.2, 0.25) is 0 Å². The molecule has 0 atom stereocenters. The predicted molar refractivity (Wildman–Crippen MR) is 52.0 cm³/mol. The number of methoxy groups -OCH3 is 1. The Morgan fingerprint density at radius 3 is 2.62 bits per heavy atom. The maximum Gasteiger partial charge on any atom is 0.137 e. The first-order chi connectivity index (χ1) is 6.22. The van der Waals surface area contributed by atoms with E-state index in [1.807, 2.05) is 20.0 Å². The minimum absolute atomic E-state index is 0.553. The minimum Gasteiger partial charge on any atom is -0.495 e. The summed E-state index contributed by atoms with van der Waals surface area (Å²) in [6, 6.07) is 5.72. The molecule has 0 heterocycles. The van der Waals surface area contributed by atoms with Crippen LogP contribution in [0.5, 0.6) is 5.75 Å². The van der Waals surface area contributed by atoms with Crippen molar-refractivity contribution in [2.24, 2.45) is 0 Å². The van der Waals surface area contributed by atoms with Gasteiger partial charge in [0.15, 0.2) is 0 Å². The van der Waals surface area contributed by atoms with E-state index in [1.54, 1.807) is 13.2 Å². The van der Waals surface area contributed by atoms with E-state index in [4.69, 9.17) is 10.00 Å². The highest BCUT2D eigenvalue weighted by molar-refractivity contribution is 5.60. The molecule has 1 rings (SSSR count). The van der Waals surface area contributed by atoms with E-state index >= 15 is 0 Å². The highest BCUT2D eigenvalue weighted by atomic mass is 16.5. The van der Waals surface area contributed by atoms with Crippen LogP contribution >= 0.6 is 0 Å². The van der Waals surface area contributed by atoms with Crippen LogP contribution in [0.4, 0.5) is 5.69 Å². The van der Waals surface area contributed by atoms with Gasteiger partial charge in [0.25, 0.3) is 0 Å². The zero-order valence-electron chi connectivity index (χ0n) is 8.01. The molecule has 68 valence electrons. The fraction of sp³-hybridized carbons (Fsp3) is 0.300. The third-order valence-corrected chi connectivity index (χ3v) is 1.94. The van der Waals surface area contributed by atoms with E-state index in [0.717, 1.165) is 11.3 Å². The number of nitrogens with zero attached hydrogens (tertiary/aromatic N) is 1. The molecule has 13 heavy (non-hydrogen) atoms. The summed E-state index contributed by atoms with van der Waals surface area (Å²) in [6.07, 6.45) is 0. The molecule has 0 spiro atoms. The second kappa shape index (κ2) is 3.81. The first-order valence-electron chi connectivity index (χ1n) is 3.99. The lowest BCUT2D eigenvalue weighted by atomic mass is 10.1. The van der Waals surface area contributed by atoms with E-state index in [0.29, 0.717) is 11.3 Å². The fourth-order valence-corrected chi connectivity index (χ4v) is 1.21. The van der Waals surface area contributed by atoms with Gasteiger partial charge in [0.1, 0.15) is 11.8 Å². The number of rotatable bonds is 2. The molecule has 3 nitrogen and oxygen atoms in total. The first-order valence-corrected chi connectivity index (χ1v) is 3.99. The summed E-state index contributed by atoms with van der Waals surface area (Å²) >= 11 is 0. The van der Waals surface area contributed by atoms with E-state index in [9.17, 15) is 0 Å². The monoisotopic (exact) mass is 176 g/mol. The number of nitrogens with one attached hydrogen (secondary N) is 1. The smallest absolute Gasteiger partial charge is 0.137 e. The second-order valence-corrected chi connectivity index (χ2v) is 2.73. The summed E-state index contributed by atoms with van der Waals surface area (Å²) in [6.45, 7) is 1.97. The van der Waals surface area contributed by atoms with Gasteiger partial charge in [-0.1, -0.05) is 0 Å². The molecule has 0 saturated heterocycles. The molecule has 0 aliphatic heterocycles. The Hall–Kier alpha value is -1.69. The van der Waals surface area contributed by atoms with Crippen molar-refractivity contribution in [3.8, 4) is 11.8 Å². The third-order valence-electron chi connectivity index (χ3n) is 1.94. The summed E-state index contributed by atoms with van der Waals surface area (Å²) in [5.41, 5.74) is 2.58. The number of nitriles is 1. The number of hydrogen-bond acceptors (Lipinski definition) is 3. The largest absolute Gasteiger partial charge is 0.495 e. The Morgan fingerprint density at radius 1 is 1.46 bits per heavy atom. The molecule has 0 fully saturated rings. The SMILES string of the molecule is CNc1cc(C#N)c(OC)cc1C. The number of ether oxygens (including phenoxy) is 1. The molecule has 0 unspecified atom stereocenters.